The van der Waals surface area contributed by atoms with Crippen molar-refractivity contribution in [2.45, 2.75) is 0 Å². The summed E-state index contributed by atoms with van der Waals surface area (Å²) in [5.74, 6) is 0.827. The molecule has 0 fully saturated rings. The van der Waals surface area contributed by atoms with Crippen LogP contribution in [0.1, 0.15) is 15.9 Å². The van der Waals surface area contributed by atoms with Gasteiger partial charge in [0.25, 0.3) is 5.91 Å². The van der Waals surface area contributed by atoms with Crippen molar-refractivity contribution in [3.05, 3.63) is 144 Å². The second-order valence-electron chi connectivity index (χ2n) is 12.2. The van der Waals surface area contributed by atoms with Crippen LogP contribution in [0, 0.1) is 5.82 Å². The SMILES string of the molecule is C=Cc1cccc2c(Oc3ccccc3C(N)=O)nc(-c3cncc(-c4cc(Nc5nc(-c6cccnc6)nc6cc(OC)ccc56)cc(Cl)c4F)c3)nc12. The van der Waals surface area contributed by atoms with Crippen molar-refractivity contribution in [2.24, 2.45) is 5.73 Å². The number of hydrogen-bond acceptors (Lipinski definition) is 10. The summed E-state index contributed by atoms with van der Waals surface area (Å²) in [6, 6.07) is 26.0. The van der Waals surface area contributed by atoms with Gasteiger partial charge in [-0.1, -0.05) is 48.5 Å². The Labute approximate surface area is 318 Å². The van der Waals surface area contributed by atoms with Gasteiger partial charge in [0.2, 0.25) is 5.88 Å². The fourth-order valence-electron chi connectivity index (χ4n) is 6.05. The summed E-state index contributed by atoms with van der Waals surface area (Å²) >= 11 is 6.53. The van der Waals surface area contributed by atoms with Gasteiger partial charge in [-0.3, -0.25) is 14.8 Å². The summed E-state index contributed by atoms with van der Waals surface area (Å²) in [6.45, 7) is 3.94. The number of nitrogens with one attached hydrogen (secondary N) is 1. The molecular weight excluding hydrogens is 719 g/mol. The predicted octanol–water partition coefficient (Wildman–Crippen LogP) is 9.44. The number of aromatic nitrogens is 6. The molecule has 4 heterocycles. The smallest absolute Gasteiger partial charge is 0.252 e. The number of amides is 1. The molecule has 8 rings (SSSR count). The minimum atomic E-state index is -0.655. The zero-order valence-electron chi connectivity index (χ0n) is 29.0. The monoisotopic (exact) mass is 746 g/mol. The molecule has 0 saturated heterocycles. The first-order chi connectivity index (χ1) is 26.8. The Morgan fingerprint density at radius 3 is 2.45 bits per heavy atom. The van der Waals surface area contributed by atoms with E-state index in [4.69, 9.17) is 46.7 Å². The fraction of sp³-hybridized carbons (Fsp3) is 0.0238. The van der Waals surface area contributed by atoms with Crippen LogP contribution in [-0.2, 0) is 0 Å². The van der Waals surface area contributed by atoms with Crippen molar-refractivity contribution in [3.8, 4) is 51.3 Å². The molecule has 4 aromatic heterocycles. The Bertz CT molecular complexity index is 2800. The lowest BCUT2D eigenvalue weighted by Gasteiger charge is -2.15. The molecule has 0 aliphatic heterocycles. The number of carbonyl (C=O) groups is 1. The summed E-state index contributed by atoms with van der Waals surface area (Å²) in [7, 11) is 1.58. The lowest BCUT2D eigenvalue weighted by Crippen LogP contribution is -2.12. The number of hydrogen-bond donors (Lipinski definition) is 2. The lowest BCUT2D eigenvalue weighted by molar-refractivity contribution is 0.0998. The van der Waals surface area contributed by atoms with Crippen LogP contribution < -0.4 is 20.5 Å². The highest BCUT2D eigenvalue weighted by Gasteiger charge is 2.19. The number of fused-ring (bicyclic) bond motifs is 2. The molecule has 0 aliphatic carbocycles. The van der Waals surface area contributed by atoms with Crippen LogP contribution in [0.3, 0.4) is 0 Å². The van der Waals surface area contributed by atoms with Crippen molar-refractivity contribution >= 4 is 56.9 Å². The zero-order valence-corrected chi connectivity index (χ0v) is 29.8. The highest BCUT2D eigenvalue weighted by Crippen LogP contribution is 2.37. The number of anilines is 2. The molecule has 0 atom stereocenters. The number of carbonyl (C=O) groups excluding carboxylic acids is 1. The highest BCUT2D eigenvalue weighted by molar-refractivity contribution is 6.31. The number of primary amides is 1. The molecule has 0 aliphatic rings. The molecule has 0 bridgehead atoms. The average molecular weight is 747 g/mol. The van der Waals surface area contributed by atoms with Crippen LogP contribution in [-0.4, -0.2) is 42.9 Å². The van der Waals surface area contributed by atoms with Crippen LogP contribution in [0.2, 0.25) is 5.02 Å². The van der Waals surface area contributed by atoms with E-state index < -0.39 is 11.7 Å². The molecule has 1 amide bonds. The number of nitrogens with zero attached hydrogens (tertiary/aromatic N) is 6. The van der Waals surface area contributed by atoms with Gasteiger partial charge < -0.3 is 20.5 Å². The summed E-state index contributed by atoms with van der Waals surface area (Å²) < 4.78 is 27.6. The maximum Gasteiger partial charge on any atom is 0.252 e. The van der Waals surface area contributed by atoms with Crippen molar-refractivity contribution in [1.82, 2.24) is 29.9 Å². The van der Waals surface area contributed by atoms with E-state index in [0.717, 1.165) is 5.56 Å². The van der Waals surface area contributed by atoms with E-state index in [1.165, 1.54) is 12.3 Å². The van der Waals surface area contributed by atoms with E-state index >= 15 is 4.39 Å². The molecular formula is C42H28ClFN8O3. The Morgan fingerprint density at radius 2 is 1.65 bits per heavy atom. The van der Waals surface area contributed by atoms with Crippen molar-refractivity contribution in [1.29, 1.82) is 0 Å². The second kappa shape index (κ2) is 14.6. The topological polar surface area (TPSA) is 151 Å². The molecule has 55 heavy (non-hydrogen) atoms. The first-order valence-electron chi connectivity index (χ1n) is 16.8. The van der Waals surface area contributed by atoms with Gasteiger partial charge >= 0.3 is 0 Å². The van der Waals surface area contributed by atoms with E-state index in [1.807, 2.05) is 30.3 Å². The van der Waals surface area contributed by atoms with E-state index in [0.29, 0.717) is 61.6 Å². The van der Waals surface area contributed by atoms with Crippen molar-refractivity contribution in [2.75, 3.05) is 12.4 Å². The van der Waals surface area contributed by atoms with Gasteiger partial charge in [0.15, 0.2) is 11.6 Å². The molecule has 4 aromatic carbocycles. The Balaban J connectivity index is 1.22. The van der Waals surface area contributed by atoms with E-state index in [-0.39, 0.29) is 33.6 Å². The van der Waals surface area contributed by atoms with Crippen LogP contribution in [0.25, 0.3) is 61.8 Å². The number of nitrogens with two attached hydrogens (primary N) is 1. The van der Waals surface area contributed by atoms with Gasteiger partial charge in [0.05, 0.1) is 34.1 Å². The maximum atomic E-state index is 15.9. The molecule has 13 heteroatoms. The van der Waals surface area contributed by atoms with Gasteiger partial charge in [-0.25, -0.2) is 19.3 Å². The summed E-state index contributed by atoms with van der Waals surface area (Å²) in [6.07, 6.45) is 8.09. The Hall–Kier alpha value is -7.31. The normalized spacial score (nSPS) is 11.0. The fourth-order valence-corrected chi connectivity index (χ4v) is 6.27. The van der Waals surface area contributed by atoms with E-state index in [2.05, 4.69) is 21.9 Å². The molecule has 8 aromatic rings. The first-order valence-corrected chi connectivity index (χ1v) is 17.2. The first kappa shape index (κ1) is 34.8. The van der Waals surface area contributed by atoms with Crippen molar-refractivity contribution < 1.29 is 18.7 Å². The van der Waals surface area contributed by atoms with Crippen LogP contribution in [0.5, 0.6) is 17.4 Å². The highest BCUT2D eigenvalue weighted by atomic mass is 35.5. The second-order valence-corrected chi connectivity index (χ2v) is 12.6. The number of rotatable bonds is 10. The Kier molecular flexibility index (Phi) is 9.23. The summed E-state index contributed by atoms with van der Waals surface area (Å²) in [5, 5.41) is 4.47. The van der Waals surface area contributed by atoms with Crippen LogP contribution >= 0.6 is 11.6 Å². The number of pyridine rings is 2. The van der Waals surface area contributed by atoms with Gasteiger partial charge in [-0.2, -0.15) is 4.98 Å². The van der Waals surface area contributed by atoms with Gasteiger partial charge in [-0.15, -0.1) is 0 Å². The van der Waals surface area contributed by atoms with Crippen LogP contribution in [0.15, 0.2) is 122 Å². The molecule has 0 unspecified atom stereocenters. The molecule has 0 spiro atoms. The largest absolute Gasteiger partial charge is 0.497 e. The zero-order chi connectivity index (χ0) is 38.1. The predicted molar refractivity (Wildman–Crippen MR) is 211 cm³/mol. The van der Waals surface area contributed by atoms with Crippen molar-refractivity contribution in [3.63, 3.8) is 0 Å². The van der Waals surface area contributed by atoms with Gasteiger partial charge in [0, 0.05) is 69.7 Å². The number of halogens is 2. The van der Waals surface area contributed by atoms with Crippen LogP contribution in [0.4, 0.5) is 15.9 Å². The maximum absolute atomic E-state index is 15.9. The average Bonchev–Trinajstić information content (AvgIpc) is 3.22. The Morgan fingerprint density at radius 1 is 0.836 bits per heavy atom. The standard InChI is InChI=1S/C42H28ClFN8O3/c1-3-23-8-6-11-31-37(23)50-40(52-42(31)55-35-12-5-4-10-30(35)38(45)53)26-16-25(21-47-22-26)32-17-27(18-33(43)36(32)44)48-41-29-14-13-28(54-2)19-34(29)49-39(51-41)24-9-7-15-46-20-24/h3-22H,1H2,2H3,(H2,45,53)(H,48,49,51). The minimum Gasteiger partial charge on any atom is -0.497 e. The third kappa shape index (κ3) is 6.85. The number of methoxy groups -OCH3 is 1. The summed E-state index contributed by atoms with van der Waals surface area (Å²) in [4.78, 5) is 40.0. The molecule has 3 N–H and O–H groups in total. The number of para-hydroxylation sites is 2. The number of ether oxygens (including phenoxy) is 2. The quantitative estimate of drug-likeness (QED) is 0.138. The van der Waals surface area contributed by atoms with Gasteiger partial charge in [-0.05, 0) is 60.7 Å². The van der Waals surface area contributed by atoms with E-state index in [9.17, 15) is 4.79 Å². The lowest BCUT2D eigenvalue weighted by atomic mass is 10.0. The van der Waals surface area contributed by atoms with E-state index in [1.54, 1.807) is 86.4 Å². The molecule has 268 valence electrons. The third-order valence-corrected chi connectivity index (χ3v) is 9.00. The van der Waals surface area contributed by atoms with Gasteiger partial charge in [0.1, 0.15) is 23.1 Å². The minimum absolute atomic E-state index is 0.126. The molecule has 11 nitrogen and oxygen atoms in total. The number of benzene rings is 4. The molecule has 0 radical (unpaired) electrons. The summed E-state index contributed by atoms with van der Waals surface area (Å²) in [5.41, 5.74) is 9.88. The third-order valence-electron chi connectivity index (χ3n) is 8.72. The molecule has 0 saturated carbocycles.